The van der Waals surface area contributed by atoms with Gasteiger partial charge in [-0.25, -0.2) is 0 Å². The number of carbonyl (C=O) groups excluding carboxylic acids is 1. The van der Waals surface area contributed by atoms with Crippen LogP contribution in [-0.2, 0) is 14.3 Å². The third kappa shape index (κ3) is 2.46. The van der Waals surface area contributed by atoms with Crippen molar-refractivity contribution in [2.45, 2.75) is 25.6 Å². The van der Waals surface area contributed by atoms with Gasteiger partial charge in [0.05, 0.1) is 0 Å². The first-order valence-electron chi connectivity index (χ1n) is 4.16. The Kier molecular flexibility index (Phi) is 3.05. The molecule has 1 fully saturated rings. The molecule has 0 bridgehead atoms. The molecule has 0 spiro atoms. The van der Waals surface area contributed by atoms with Gasteiger partial charge in [-0.2, -0.15) is 0 Å². The number of hydrogen-bond donors (Lipinski definition) is 0. The second-order valence-electron chi connectivity index (χ2n) is 2.98. The fourth-order valence-electron chi connectivity index (χ4n) is 0.945. The third-order valence-electron chi connectivity index (χ3n) is 1.78. The second kappa shape index (κ2) is 3.87. The summed E-state index contributed by atoms with van der Waals surface area (Å²) in [5, 5.41) is 0. The zero-order chi connectivity index (χ0) is 9.03. The molecule has 0 aliphatic heterocycles. The highest BCUT2D eigenvalue weighted by molar-refractivity contribution is 5.45. The molecule has 70 valence electrons. The molecule has 0 aromatic carbocycles. The number of carbonyl (C=O) groups is 1. The van der Waals surface area contributed by atoms with Gasteiger partial charge >= 0.3 is 0 Å². The zero-order valence-corrected chi connectivity index (χ0v) is 7.58. The fourth-order valence-corrected chi connectivity index (χ4v) is 0.945. The van der Waals surface area contributed by atoms with Gasteiger partial charge in [0, 0.05) is 26.5 Å². The Morgan fingerprint density at radius 2 is 2.17 bits per heavy atom. The van der Waals surface area contributed by atoms with Crippen molar-refractivity contribution in [1.29, 1.82) is 0 Å². The Morgan fingerprint density at radius 1 is 1.50 bits per heavy atom. The van der Waals surface area contributed by atoms with Gasteiger partial charge in [0.25, 0.3) is 0 Å². The molecule has 0 atom stereocenters. The van der Waals surface area contributed by atoms with Crippen LogP contribution in [0.5, 0.6) is 0 Å². The predicted molar refractivity (Wildman–Crippen MR) is 43.4 cm³/mol. The normalized spacial score (nSPS) is 18.8. The summed E-state index contributed by atoms with van der Waals surface area (Å²) in [5.74, 6) is -0.369. The average Bonchev–Trinajstić information content (AvgIpc) is 2.82. The lowest BCUT2D eigenvalue weighted by molar-refractivity contribution is -0.184. The molecule has 1 rings (SSSR count). The molecule has 1 saturated carbocycles. The van der Waals surface area contributed by atoms with E-state index in [1.807, 2.05) is 6.92 Å². The van der Waals surface area contributed by atoms with Gasteiger partial charge in [-0.05, 0) is 6.92 Å². The zero-order valence-electron chi connectivity index (χ0n) is 7.58. The van der Waals surface area contributed by atoms with Crippen molar-refractivity contribution >= 4 is 6.41 Å². The topological polar surface area (TPSA) is 38.8 Å². The lowest BCUT2D eigenvalue weighted by atomic mass is 10.7. The molecule has 0 unspecified atom stereocenters. The maximum atomic E-state index is 10.2. The van der Waals surface area contributed by atoms with E-state index in [0.717, 1.165) is 19.3 Å². The molecule has 0 radical (unpaired) electrons. The minimum Gasteiger partial charge on any atom is -0.350 e. The van der Waals surface area contributed by atoms with Crippen molar-refractivity contribution in [3.63, 3.8) is 0 Å². The molecule has 1 aliphatic rings. The van der Waals surface area contributed by atoms with Crippen molar-refractivity contribution in [2.24, 2.45) is 0 Å². The van der Waals surface area contributed by atoms with Crippen LogP contribution in [0.4, 0.5) is 0 Å². The van der Waals surface area contributed by atoms with Crippen LogP contribution in [0.3, 0.4) is 0 Å². The Balaban J connectivity index is 2.17. The lowest BCUT2D eigenvalue weighted by Crippen LogP contribution is -2.27. The van der Waals surface area contributed by atoms with E-state index in [4.69, 9.17) is 9.47 Å². The van der Waals surface area contributed by atoms with Crippen molar-refractivity contribution in [1.82, 2.24) is 4.90 Å². The summed E-state index contributed by atoms with van der Waals surface area (Å²) in [6.45, 7) is 2.90. The quantitative estimate of drug-likeness (QED) is 0.435. The minimum atomic E-state index is -0.369. The maximum absolute atomic E-state index is 10.2. The Morgan fingerprint density at radius 3 is 2.58 bits per heavy atom. The molecule has 0 aromatic rings. The van der Waals surface area contributed by atoms with Crippen LogP contribution in [0.15, 0.2) is 0 Å². The molecule has 1 amide bonds. The summed E-state index contributed by atoms with van der Waals surface area (Å²) in [4.78, 5) is 11.6. The second-order valence-corrected chi connectivity index (χ2v) is 2.98. The number of hydrogen-bond acceptors (Lipinski definition) is 3. The van der Waals surface area contributed by atoms with Crippen molar-refractivity contribution in [3.05, 3.63) is 0 Å². The third-order valence-corrected chi connectivity index (χ3v) is 1.78. The van der Waals surface area contributed by atoms with E-state index >= 15 is 0 Å². The van der Waals surface area contributed by atoms with E-state index in [1.165, 1.54) is 4.90 Å². The van der Waals surface area contributed by atoms with Crippen LogP contribution in [-0.4, -0.2) is 37.5 Å². The van der Waals surface area contributed by atoms with E-state index in [1.54, 1.807) is 7.05 Å². The average molecular weight is 173 g/mol. The molecule has 12 heavy (non-hydrogen) atoms. The molecule has 0 heterocycles. The first-order chi connectivity index (χ1) is 5.72. The van der Waals surface area contributed by atoms with Gasteiger partial charge in [-0.15, -0.1) is 0 Å². The van der Waals surface area contributed by atoms with Gasteiger partial charge in [0.1, 0.15) is 6.73 Å². The van der Waals surface area contributed by atoms with Crippen LogP contribution in [0.1, 0.15) is 19.8 Å². The predicted octanol–water partition coefficient (Wildman–Crippen LogP) is 0.575. The Hall–Kier alpha value is -0.610. The highest BCUT2D eigenvalue weighted by Gasteiger charge is 2.45. The van der Waals surface area contributed by atoms with Gasteiger partial charge in [-0.3, -0.25) is 4.79 Å². The van der Waals surface area contributed by atoms with Crippen molar-refractivity contribution in [2.75, 3.05) is 20.4 Å². The smallest absolute Gasteiger partial charge is 0.211 e. The number of amides is 1. The van der Waals surface area contributed by atoms with Crippen LogP contribution in [0.25, 0.3) is 0 Å². The van der Waals surface area contributed by atoms with Crippen molar-refractivity contribution in [3.8, 4) is 0 Å². The lowest BCUT2D eigenvalue weighted by Gasteiger charge is -2.19. The highest BCUT2D eigenvalue weighted by Crippen LogP contribution is 2.40. The van der Waals surface area contributed by atoms with E-state index in [0.29, 0.717) is 13.3 Å². The van der Waals surface area contributed by atoms with E-state index in [9.17, 15) is 4.79 Å². The van der Waals surface area contributed by atoms with Gasteiger partial charge in [-0.1, -0.05) is 0 Å². The summed E-state index contributed by atoms with van der Waals surface area (Å²) in [7, 11) is 1.68. The van der Waals surface area contributed by atoms with Crippen LogP contribution >= 0.6 is 0 Å². The molecule has 4 nitrogen and oxygen atoms in total. The van der Waals surface area contributed by atoms with E-state index < -0.39 is 0 Å². The molecule has 0 aromatic heterocycles. The highest BCUT2D eigenvalue weighted by atomic mass is 16.7. The summed E-state index contributed by atoms with van der Waals surface area (Å²) in [6.07, 6.45) is 2.61. The summed E-state index contributed by atoms with van der Waals surface area (Å²) < 4.78 is 10.8. The number of ether oxygens (including phenoxy) is 2. The van der Waals surface area contributed by atoms with E-state index in [2.05, 4.69) is 0 Å². The van der Waals surface area contributed by atoms with Gasteiger partial charge in [0.15, 0.2) is 5.79 Å². The van der Waals surface area contributed by atoms with Crippen LogP contribution < -0.4 is 0 Å². The summed E-state index contributed by atoms with van der Waals surface area (Å²) in [5.41, 5.74) is 0. The SMILES string of the molecule is CCOC1(OCN(C)C=O)CC1. The van der Waals surface area contributed by atoms with Crippen LogP contribution in [0, 0.1) is 0 Å². The van der Waals surface area contributed by atoms with Gasteiger partial charge in [0.2, 0.25) is 6.41 Å². The monoisotopic (exact) mass is 173 g/mol. The fraction of sp³-hybridized carbons (Fsp3) is 0.875. The maximum Gasteiger partial charge on any atom is 0.211 e. The minimum absolute atomic E-state index is 0.309. The summed E-state index contributed by atoms with van der Waals surface area (Å²) in [6, 6.07) is 0. The Labute approximate surface area is 72.4 Å². The molecular formula is C8H15NO3. The molecular weight excluding hydrogens is 158 g/mol. The standard InChI is InChI=1S/C8H15NO3/c1-3-11-8(4-5-8)12-7-9(2)6-10/h6H,3-5,7H2,1-2H3. The molecule has 1 aliphatic carbocycles. The van der Waals surface area contributed by atoms with Crippen LogP contribution in [0.2, 0.25) is 0 Å². The van der Waals surface area contributed by atoms with Gasteiger partial charge < -0.3 is 14.4 Å². The van der Waals surface area contributed by atoms with E-state index in [-0.39, 0.29) is 5.79 Å². The number of rotatable bonds is 6. The first kappa shape index (κ1) is 9.48. The first-order valence-corrected chi connectivity index (χ1v) is 4.16. The Bertz CT molecular complexity index is 156. The number of nitrogens with zero attached hydrogens (tertiary/aromatic N) is 1. The summed E-state index contributed by atoms with van der Waals surface area (Å²) >= 11 is 0. The van der Waals surface area contributed by atoms with Crippen molar-refractivity contribution < 1.29 is 14.3 Å². The molecule has 0 saturated heterocycles. The molecule has 4 heteroatoms. The largest absolute Gasteiger partial charge is 0.350 e. The molecule has 0 N–H and O–H groups in total.